The standard InChI is InChI=1S/C11H20N2O/c1-3-11(14)5-4-6-13-9-7-12(2)8-10-13/h11,14H,3,6-10H2,1-2H3/p+2/t11-/m0/s1. The van der Waals surface area contributed by atoms with Gasteiger partial charge in [0.05, 0.1) is 7.05 Å². The molecule has 3 heteroatoms. The van der Waals surface area contributed by atoms with E-state index in [1.807, 2.05) is 6.92 Å². The normalized spacial score (nSPS) is 29.1. The van der Waals surface area contributed by atoms with Crippen LogP contribution >= 0.6 is 0 Å². The fourth-order valence-corrected chi connectivity index (χ4v) is 1.60. The van der Waals surface area contributed by atoms with Crippen LogP contribution in [0, 0.1) is 11.8 Å². The molecular formula is C11H22N2O+2. The number of hydrogen-bond acceptors (Lipinski definition) is 1. The zero-order valence-corrected chi connectivity index (χ0v) is 9.27. The van der Waals surface area contributed by atoms with Gasteiger partial charge in [0, 0.05) is 0 Å². The van der Waals surface area contributed by atoms with Crippen LogP contribution in [0.1, 0.15) is 13.3 Å². The highest BCUT2D eigenvalue weighted by molar-refractivity contribution is 5.03. The second-order valence-corrected chi connectivity index (χ2v) is 4.13. The highest BCUT2D eigenvalue weighted by Gasteiger charge is 2.18. The van der Waals surface area contributed by atoms with Crippen molar-refractivity contribution < 1.29 is 14.9 Å². The molecule has 0 aromatic rings. The van der Waals surface area contributed by atoms with Crippen molar-refractivity contribution in [1.29, 1.82) is 0 Å². The number of rotatable bonds is 2. The summed E-state index contributed by atoms with van der Waals surface area (Å²) in [5.41, 5.74) is 0. The van der Waals surface area contributed by atoms with Gasteiger partial charge in [0.15, 0.2) is 0 Å². The number of nitrogens with one attached hydrogen (secondary N) is 2. The molecule has 0 radical (unpaired) electrons. The summed E-state index contributed by atoms with van der Waals surface area (Å²) in [4.78, 5) is 3.18. The Bertz CT molecular complexity index is 211. The Morgan fingerprint density at radius 3 is 2.50 bits per heavy atom. The van der Waals surface area contributed by atoms with Crippen molar-refractivity contribution in [2.75, 3.05) is 39.8 Å². The van der Waals surface area contributed by atoms with Crippen molar-refractivity contribution >= 4 is 0 Å². The number of hydrogen-bond donors (Lipinski definition) is 3. The molecule has 0 amide bonds. The van der Waals surface area contributed by atoms with E-state index in [0.29, 0.717) is 0 Å². The Morgan fingerprint density at radius 1 is 1.29 bits per heavy atom. The Hall–Kier alpha value is -0.560. The Balaban J connectivity index is 2.20. The molecule has 14 heavy (non-hydrogen) atoms. The van der Waals surface area contributed by atoms with E-state index in [1.54, 1.807) is 9.80 Å². The maximum atomic E-state index is 9.24. The van der Waals surface area contributed by atoms with Crippen LogP contribution in [0.4, 0.5) is 0 Å². The van der Waals surface area contributed by atoms with Gasteiger partial charge in [-0.25, -0.2) is 0 Å². The molecule has 1 fully saturated rings. The van der Waals surface area contributed by atoms with E-state index in [0.717, 1.165) is 13.0 Å². The monoisotopic (exact) mass is 198 g/mol. The summed E-state index contributed by atoms with van der Waals surface area (Å²) in [5.74, 6) is 5.94. The van der Waals surface area contributed by atoms with Gasteiger partial charge in [-0.1, -0.05) is 12.8 Å². The van der Waals surface area contributed by atoms with Crippen molar-refractivity contribution in [2.24, 2.45) is 0 Å². The third-order valence-electron chi connectivity index (χ3n) is 2.80. The van der Waals surface area contributed by atoms with Gasteiger partial charge >= 0.3 is 0 Å². The van der Waals surface area contributed by atoms with E-state index in [1.165, 1.54) is 26.2 Å². The van der Waals surface area contributed by atoms with E-state index in [-0.39, 0.29) is 0 Å². The van der Waals surface area contributed by atoms with Crippen LogP contribution in [-0.2, 0) is 0 Å². The van der Waals surface area contributed by atoms with Gasteiger partial charge in [0.2, 0.25) is 0 Å². The summed E-state index contributed by atoms with van der Waals surface area (Å²) in [6.45, 7) is 7.75. The first kappa shape index (κ1) is 11.5. The average Bonchev–Trinajstić information content (AvgIpc) is 2.21. The largest absolute Gasteiger partial charge is 0.380 e. The number of aliphatic hydroxyl groups excluding tert-OH is 1. The third-order valence-corrected chi connectivity index (χ3v) is 2.80. The fraction of sp³-hybridized carbons (Fsp3) is 0.818. The van der Waals surface area contributed by atoms with E-state index in [9.17, 15) is 5.11 Å². The van der Waals surface area contributed by atoms with Crippen LogP contribution in [0.3, 0.4) is 0 Å². The lowest BCUT2D eigenvalue weighted by Crippen LogP contribution is -3.26. The first-order valence-corrected chi connectivity index (χ1v) is 5.53. The van der Waals surface area contributed by atoms with Crippen molar-refractivity contribution in [1.82, 2.24) is 0 Å². The third kappa shape index (κ3) is 4.10. The smallest absolute Gasteiger partial charge is 0.139 e. The first-order valence-electron chi connectivity index (χ1n) is 5.53. The molecule has 1 aliphatic rings. The van der Waals surface area contributed by atoms with Gasteiger partial charge in [0.1, 0.15) is 38.8 Å². The topological polar surface area (TPSA) is 29.1 Å². The van der Waals surface area contributed by atoms with Crippen LogP contribution in [-0.4, -0.2) is 51.0 Å². The molecule has 0 aliphatic carbocycles. The molecule has 0 unspecified atom stereocenters. The van der Waals surface area contributed by atoms with E-state index in [2.05, 4.69) is 18.9 Å². The highest BCUT2D eigenvalue weighted by atomic mass is 16.3. The molecule has 0 aromatic heterocycles. The number of quaternary nitrogens is 2. The molecule has 0 saturated carbocycles. The lowest BCUT2D eigenvalue weighted by atomic mass is 10.3. The molecular weight excluding hydrogens is 176 g/mol. The van der Waals surface area contributed by atoms with Crippen LogP contribution < -0.4 is 9.80 Å². The second-order valence-electron chi connectivity index (χ2n) is 4.13. The molecule has 3 N–H and O–H groups in total. The number of piperazine rings is 1. The van der Waals surface area contributed by atoms with E-state index in [4.69, 9.17) is 0 Å². The van der Waals surface area contributed by atoms with Crippen molar-refractivity contribution in [3.8, 4) is 11.8 Å². The number of likely N-dealkylation sites (N-methyl/N-ethyl adjacent to an activating group) is 1. The molecule has 1 rings (SSSR count). The predicted octanol–water partition coefficient (Wildman–Crippen LogP) is -2.83. The molecule has 1 heterocycles. The van der Waals surface area contributed by atoms with Crippen LogP contribution in [0.5, 0.6) is 0 Å². The predicted molar refractivity (Wildman–Crippen MR) is 56.3 cm³/mol. The van der Waals surface area contributed by atoms with Gasteiger partial charge in [-0.05, 0) is 12.3 Å². The molecule has 1 saturated heterocycles. The summed E-state index contributed by atoms with van der Waals surface area (Å²) in [6.07, 6.45) is 0.308. The van der Waals surface area contributed by atoms with Crippen molar-refractivity contribution in [3.05, 3.63) is 0 Å². The van der Waals surface area contributed by atoms with E-state index < -0.39 is 6.10 Å². The maximum absolute atomic E-state index is 9.24. The highest BCUT2D eigenvalue weighted by Crippen LogP contribution is 1.83. The van der Waals surface area contributed by atoms with Crippen LogP contribution in [0.15, 0.2) is 0 Å². The lowest BCUT2D eigenvalue weighted by molar-refractivity contribution is -1.000. The molecule has 3 nitrogen and oxygen atoms in total. The molecule has 0 aromatic carbocycles. The molecule has 0 bridgehead atoms. The van der Waals surface area contributed by atoms with Gasteiger partial charge in [-0.3, -0.25) is 0 Å². The molecule has 0 spiro atoms. The summed E-state index contributed by atoms with van der Waals surface area (Å²) in [7, 11) is 2.24. The maximum Gasteiger partial charge on any atom is 0.139 e. The van der Waals surface area contributed by atoms with Crippen molar-refractivity contribution in [3.63, 3.8) is 0 Å². The Kier molecular flexibility index (Phi) is 4.95. The van der Waals surface area contributed by atoms with Gasteiger partial charge in [-0.2, -0.15) is 0 Å². The van der Waals surface area contributed by atoms with Crippen molar-refractivity contribution in [2.45, 2.75) is 19.4 Å². The first-order chi connectivity index (χ1) is 6.72. The van der Waals surface area contributed by atoms with Gasteiger partial charge < -0.3 is 14.9 Å². The van der Waals surface area contributed by atoms with Gasteiger partial charge in [0.25, 0.3) is 0 Å². The average molecular weight is 198 g/mol. The SMILES string of the molecule is CC[C@H](O)C#CC[NH+]1CC[NH+](C)CC1. The summed E-state index contributed by atoms with van der Waals surface area (Å²) < 4.78 is 0. The van der Waals surface area contributed by atoms with Crippen LogP contribution in [0.25, 0.3) is 0 Å². The molecule has 1 aliphatic heterocycles. The van der Waals surface area contributed by atoms with Crippen LogP contribution in [0.2, 0.25) is 0 Å². The van der Waals surface area contributed by atoms with E-state index >= 15 is 0 Å². The quantitative estimate of drug-likeness (QED) is 0.410. The summed E-state index contributed by atoms with van der Waals surface area (Å²) >= 11 is 0. The van der Waals surface area contributed by atoms with Gasteiger partial charge in [-0.15, -0.1) is 0 Å². The Morgan fingerprint density at radius 2 is 1.93 bits per heavy atom. The summed E-state index contributed by atoms with van der Waals surface area (Å²) in [6, 6.07) is 0. The Labute approximate surface area is 86.7 Å². The minimum atomic E-state index is -0.424. The fourth-order valence-electron chi connectivity index (χ4n) is 1.60. The zero-order chi connectivity index (χ0) is 10.4. The lowest BCUT2D eigenvalue weighted by Gasteiger charge is -2.25. The molecule has 1 atom stereocenters. The minimum Gasteiger partial charge on any atom is -0.380 e. The number of aliphatic hydroxyl groups is 1. The summed E-state index contributed by atoms with van der Waals surface area (Å²) in [5, 5.41) is 9.24. The second kappa shape index (κ2) is 6.02. The minimum absolute atomic E-state index is 0.424. The zero-order valence-electron chi connectivity index (χ0n) is 9.27. The molecule has 80 valence electrons.